The number of benzene rings is 1. The van der Waals surface area contributed by atoms with Crippen LogP contribution in [0, 0.1) is 24.1 Å². The third kappa shape index (κ3) is 4.14. The van der Waals surface area contributed by atoms with Gasteiger partial charge in [0.05, 0.1) is 0 Å². The predicted octanol–water partition coefficient (Wildman–Crippen LogP) is 2.98. The number of nitrogens with zero attached hydrogens (tertiary/aromatic N) is 3. The van der Waals surface area contributed by atoms with Crippen LogP contribution in [-0.4, -0.2) is 21.8 Å². The highest BCUT2D eigenvalue weighted by Gasteiger charge is 2.17. The fourth-order valence-corrected chi connectivity index (χ4v) is 2.66. The third-order valence-corrected chi connectivity index (χ3v) is 4.07. The Hall–Kier alpha value is -3.99. The maximum atomic E-state index is 13.2. The molecule has 0 aliphatic rings. The summed E-state index contributed by atoms with van der Waals surface area (Å²) in [6, 6.07) is 10.5. The Kier molecular flexibility index (Phi) is 5.69. The Labute approximate surface area is 165 Å². The van der Waals surface area contributed by atoms with Gasteiger partial charge in [0.25, 0.3) is 11.5 Å². The SMILES string of the molecule is CCNC(=O)C(C#N)=Cc1c(Oc2ccc(F)cc2)nc2c(C)cccn2c1=O. The molecule has 146 valence electrons. The Bertz CT molecular complexity index is 1210. The molecule has 0 unspecified atom stereocenters. The van der Waals surface area contributed by atoms with Crippen molar-refractivity contribution in [2.75, 3.05) is 6.54 Å². The zero-order valence-corrected chi connectivity index (χ0v) is 15.8. The van der Waals surface area contributed by atoms with E-state index >= 15 is 0 Å². The molecular formula is C21H17FN4O3. The maximum Gasteiger partial charge on any atom is 0.269 e. The van der Waals surface area contributed by atoms with Crippen LogP contribution in [0.1, 0.15) is 18.1 Å². The van der Waals surface area contributed by atoms with Gasteiger partial charge in [0.15, 0.2) is 0 Å². The molecule has 29 heavy (non-hydrogen) atoms. The van der Waals surface area contributed by atoms with Gasteiger partial charge in [-0.15, -0.1) is 0 Å². The summed E-state index contributed by atoms with van der Waals surface area (Å²) in [5.74, 6) is -0.894. The van der Waals surface area contributed by atoms with Crippen molar-refractivity contribution >= 4 is 17.6 Å². The summed E-state index contributed by atoms with van der Waals surface area (Å²) in [6.07, 6.45) is 2.68. The molecule has 0 bridgehead atoms. The number of halogens is 1. The van der Waals surface area contributed by atoms with Crippen molar-refractivity contribution in [2.45, 2.75) is 13.8 Å². The van der Waals surface area contributed by atoms with Crippen molar-refractivity contribution < 1.29 is 13.9 Å². The standard InChI is InChI=1S/C21H17FN4O3/c1-3-24-19(27)14(12-23)11-17-20(29-16-8-6-15(22)7-9-16)25-18-13(2)5-4-10-26(18)21(17)28/h4-11H,3H2,1-2H3,(H,24,27). The summed E-state index contributed by atoms with van der Waals surface area (Å²) < 4.78 is 20.2. The van der Waals surface area contributed by atoms with Gasteiger partial charge in [-0.1, -0.05) is 6.07 Å². The van der Waals surface area contributed by atoms with E-state index in [-0.39, 0.29) is 22.8 Å². The Morgan fingerprint density at radius 3 is 2.72 bits per heavy atom. The quantitative estimate of drug-likeness (QED) is 0.532. The molecule has 0 radical (unpaired) electrons. The summed E-state index contributed by atoms with van der Waals surface area (Å²) >= 11 is 0. The highest BCUT2D eigenvalue weighted by atomic mass is 19.1. The van der Waals surface area contributed by atoms with Crippen LogP contribution < -0.4 is 15.6 Å². The lowest BCUT2D eigenvalue weighted by Crippen LogP contribution is -2.25. The number of aryl methyl sites for hydroxylation is 1. The van der Waals surface area contributed by atoms with Crippen molar-refractivity contribution in [3.63, 3.8) is 0 Å². The molecule has 7 nitrogen and oxygen atoms in total. The number of pyridine rings is 1. The van der Waals surface area contributed by atoms with Gasteiger partial charge in [0.2, 0.25) is 5.88 Å². The number of hydrogen-bond donors (Lipinski definition) is 1. The molecule has 8 heteroatoms. The molecule has 0 aliphatic carbocycles. The number of hydrogen-bond acceptors (Lipinski definition) is 5. The summed E-state index contributed by atoms with van der Waals surface area (Å²) in [6.45, 7) is 3.82. The number of nitrogens with one attached hydrogen (secondary N) is 1. The number of rotatable bonds is 5. The third-order valence-electron chi connectivity index (χ3n) is 4.07. The minimum absolute atomic E-state index is 0.0692. The Morgan fingerprint density at radius 2 is 2.07 bits per heavy atom. The number of fused-ring (bicyclic) bond motifs is 1. The fraction of sp³-hybridized carbons (Fsp3) is 0.143. The molecule has 0 atom stereocenters. The van der Waals surface area contributed by atoms with Crippen molar-refractivity contribution in [1.29, 1.82) is 5.26 Å². The smallest absolute Gasteiger partial charge is 0.269 e. The van der Waals surface area contributed by atoms with Crippen LogP contribution in [-0.2, 0) is 4.79 Å². The topological polar surface area (TPSA) is 96.5 Å². The van der Waals surface area contributed by atoms with Crippen molar-refractivity contribution in [3.05, 3.63) is 75.5 Å². The molecule has 0 spiro atoms. The molecule has 2 heterocycles. The molecule has 0 fully saturated rings. The lowest BCUT2D eigenvalue weighted by molar-refractivity contribution is -0.116. The first kappa shape index (κ1) is 19.8. The van der Waals surface area contributed by atoms with Crippen molar-refractivity contribution in [3.8, 4) is 17.7 Å². The van der Waals surface area contributed by atoms with Crippen LogP contribution in [0.3, 0.4) is 0 Å². The van der Waals surface area contributed by atoms with Crippen LogP contribution in [0.25, 0.3) is 11.7 Å². The first-order valence-electron chi connectivity index (χ1n) is 8.80. The van der Waals surface area contributed by atoms with Crippen LogP contribution in [0.5, 0.6) is 11.6 Å². The average molecular weight is 392 g/mol. The van der Waals surface area contributed by atoms with Gasteiger partial charge in [-0.2, -0.15) is 10.2 Å². The number of nitriles is 1. The van der Waals surface area contributed by atoms with Gasteiger partial charge >= 0.3 is 0 Å². The van der Waals surface area contributed by atoms with Crippen LogP contribution >= 0.6 is 0 Å². The van der Waals surface area contributed by atoms with Gasteiger partial charge < -0.3 is 10.1 Å². The van der Waals surface area contributed by atoms with Gasteiger partial charge in [-0.05, 0) is 55.8 Å². The van der Waals surface area contributed by atoms with E-state index in [9.17, 15) is 19.2 Å². The Morgan fingerprint density at radius 1 is 1.34 bits per heavy atom. The summed E-state index contributed by atoms with van der Waals surface area (Å²) in [5.41, 5.74) is 0.256. The fourth-order valence-electron chi connectivity index (χ4n) is 2.66. The Balaban J connectivity index is 2.24. The van der Waals surface area contributed by atoms with E-state index in [4.69, 9.17) is 4.74 Å². The number of aromatic nitrogens is 2. The molecule has 1 amide bonds. The first-order chi connectivity index (χ1) is 13.9. The minimum atomic E-state index is -0.614. The van der Waals surface area contributed by atoms with Crippen LogP contribution in [0.4, 0.5) is 4.39 Å². The first-order valence-corrected chi connectivity index (χ1v) is 8.80. The number of carbonyl (C=O) groups is 1. The second-order valence-corrected chi connectivity index (χ2v) is 6.11. The van der Waals surface area contributed by atoms with Gasteiger partial charge in [-0.3, -0.25) is 14.0 Å². The number of amides is 1. The lowest BCUT2D eigenvalue weighted by Gasteiger charge is -2.11. The molecule has 0 saturated carbocycles. The largest absolute Gasteiger partial charge is 0.438 e. The van der Waals surface area contributed by atoms with Crippen molar-refractivity contribution in [2.24, 2.45) is 0 Å². The van der Waals surface area contributed by atoms with Crippen LogP contribution in [0.15, 0.2) is 53.0 Å². The van der Waals surface area contributed by atoms with E-state index in [0.29, 0.717) is 12.2 Å². The predicted molar refractivity (Wildman–Crippen MR) is 105 cm³/mol. The molecule has 0 aliphatic heterocycles. The number of carbonyl (C=O) groups excluding carboxylic acids is 1. The molecular weight excluding hydrogens is 375 g/mol. The van der Waals surface area contributed by atoms with Gasteiger partial charge in [0.1, 0.15) is 34.4 Å². The number of likely N-dealkylation sites (N-methyl/N-ethyl adjacent to an activating group) is 1. The molecule has 3 aromatic rings. The highest BCUT2D eigenvalue weighted by molar-refractivity contribution is 6.01. The molecule has 1 aromatic carbocycles. The van der Waals surface area contributed by atoms with E-state index in [1.54, 1.807) is 32.0 Å². The average Bonchev–Trinajstić information content (AvgIpc) is 2.70. The minimum Gasteiger partial charge on any atom is -0.438 e. The van der Waals surface area contributed by atoms with Gasteiger partial charge in [0, 0.05) is 12.7 Å². The maximum absolute atomic E-state index is 13.2. The molecule has 1 N–H and O–H groups in total. The normalized spacial score (nSPS) is 11.2. The number of ether oxygens (including phenoxy) is 1. The second kappa shape index (κ2) is 8.35. The van der Waals surface area contributed by atoms with Crippen LogP contribution in [0.2, 0.25) is 0 Å². The summed E-state index contributed by atoms with van der Waals surface area (Å²) in [5, 5.41) is 11.9. The van der Waals surface area contributed by atoms with Gasteiger partial charge in [-0.25, -0.2) is 4.39 Å². The van der Waals surface area contributed by atoms with E-state index in [2.05, 4.69) is 10.3 Å². The lowest BCUT2D eigenvalue weighted by atomic mass is 10.1. The zero-order valence-electron chi connectivity index (χ0n) is 15.8. The van der Waals surface area contributed by atoms with E-state index in [1.165, 1.54) is 34.9 Å². The van der Waals surface area contributed by atoms with E-state index in [1.807, 2.05) is 0 Å². The molecule has 0 saturated heterocycles. The highest BCUT2D eigenvalue weighted by Crippen LogP contribution is 2.24. The second-order valence-electron chi connectivity index (χ2n) is 6.11. The van der Waals surface area contributed by atoms with E-state index in [0.717, 1.165) is 11.6 Å². The molecule has 2 aromatic heterocycles. The van der Waals surface area contributed by atoms with Crippen molar-refractivity contribution in [1.82, 2.24) is 14.7 Å². The summed E-state index contributed by atoms with van der Waals surface area (Å²) in [7, 11) is 0. The summed E-state index contributed by atoms with van der Waals surface area (Å²) in [4.78, 5) is 29.6. The van der Waals surface area contributed by atoms with E-state index < -0.39 is 17.3 Å². The molecule has 3 rings (SSSR count). The zero-order chi connectivity index (χ0) is 21.0. The monoisotopic (exact) mass is 392 g/mol.